The highest BCUT2D eigenvalue weighted by molar-refractivity contribution is 5.59. The molecule has 0 amide bonds. The van der Waals surface area contributed by atoms with E-state index in [1.165, 1.54) is 12.1 Å². The van der Waals surface area contributed by atoms with Crippen LogP contribution in [-0.4, -0.2) is 24.8 Å². The number of halogens is 1. The van der Waals surface area contributed by atoms with Gasteiger partial charge in [-0.25, -0.2) is 4.39 Å². The molecule has 2 rings (SSSR count). The number of nitrogens with zero attached hydrogens (tertiary/aromatic N) is 4. The molecule has 1 heterocycles. The van der Waals surface area contributed by atoms with Crippen LogP contribution in [0.15, 0.2) is 18.2 Å². The first-order valence-electron chi connectivity index (χ1n) is 5.94. The fraction of sp³-hybridized carbons (Fsp3) is 0.333. The maximum absolute atomic E-state index is 14.0. The molecule has 8 heteroatoms. The maximum Gasteiger partial charge on any atom is 0.272 e. The number of aromatic nitrogens is 3. The fourth-order valence-corrected chi connectivity index (χ4v) is 1.96. The van der Waals surface area contributed by atoms with E-state index in [0.29, 0.717) is 5.82 Å². The minimum atomic E-state index is -0.752. The van der Waals surface area contributed by atoms with E-state index >= 15 is 0 Å². The molecule has 7 nitrogen and oxygen atoms in total. The average Bonchev–Trinajstić information content (AvgIpc) is 2.82. The van der Waals surface area contributed by atoms with Gasteiger partial charge >= 0.3 is 0 Å². The molecular weight excluding hydrogens is 267 g/mol. The Hall–Kier alpha value is -2.35. The van der Waals surface area contributed by atoms with Crippen molar-refractivity contribution in [2.45, 2.75) is 26.5 Å². The van der Waals surface area contributed by atoms with Crippen LogP contribution < -0.4 is 0 Å². The molecular formula is C12H13FN4O3. The van der Waals surface area contributed by atoms with Crippen molar-refractivity contribution < 1.29 is 14.4 Å². The summed E-state index contributed by atoms with van der Waals surface area (Å²) in [7, 11) is 0. The van der Waals surface area contributed by atoms with Crippen LogP contribution in [0.3, 0.4) is 0 Å². The maximum atomic E-state index is 14.0. The van der Waals surface area contributed by atoms with Crippen molar-refractivity contribution in [3.63, 3.8) is 0 Å². The zero-order chi connectivity index (χ0) is 14.9. The first-order chi connectivity index (χ1) is 9.45. The first kappa shape index (κ1) is 14.1. The second kappa shape index (κ2) is 5.33. The van der Waals surface area contributed by atoms with Crippen molar-refractivity contribution in [1.82, 2.24) is 14.8 Å². The Morgan fingerprint density at radius 2 is 2.15 bits per heavy atom. The molecule has 0 radical (unpaired) electrons. The number of nitro benzene ring substituents is 1. The molecule has 0 fully saturated rings. The van der Waals surface area contributed by atoms with Gasteiger partial charge in [0.1, 0.15) is 12.4 Å². The van der Waals surface area contributed by atoms with Crippen LogP contribution in [0.25, 0.3) is 11.4 Å². The Morgan fingerprint density at radius 1 is 1.45 bits per heavy atom. The van der Waals surface area contributed by atoms with Gasteiger partial charge in [-0.2, -0.15) is 0 Å². The minimum Gasteiger partial charge on any atom is -0.388 e. The lowest BCUT2D eigenvalue weighted by Gasteiger charge is -2.13. The van der Waals surface area contributed by atoms with Crippen LogP contribution in [0.4, 0.5) is 10.1 Å². The molecule has 106 valence electrons. The number of rotatable bonds is 4. The second-order valence-corrected chi connectivity index (χ2v) is 4.48. The minimum absolute atomic E-state index is 0.0864. The summed E-state index contributed by atoms with van der Waals surface area (Å²) in [5.41, 5.74) is -0.222. The Labute approximate surface area is 113 Å². The predicted molar refractivity (Wildman–Crippen MR) is 68.4 cm³/mol. The summed E-state index contributed by atoms with van der Waals surface area (Å²) in [4.78, 5) is 9.93. The van der Waals surface area contributed by atoms with Gasteiger partial charge in [-0.15, -0.1) is 10.2 Å². The lowest BCUT2D eigenvalue weighted by Crippen LogP contribution is -2.08. The molecule has 0 spiro atoms. The zero-order valence-electron chi connectivity index (χ0n) is 10.9. The van der Waals surface area contributed by atoms with Gasteiger partial charge in [-0.1, -0.05) is 0 Å². The van der Waals surface area contributed by atoms with E-state index in [1.54, 1.807) is 4.57 Å². The number of hydrogen-bond donors (Lipinski definition) is 1. The lowest BCUT2D eigenvalue weighted by atomic mass is 10.1. The largest absolute Gasteiger partial charge is 0.388 e. The normalized spacial score (nSPS) is 11.1. The summed E-state index contributed by atoms with van der Waals surface area (Å²) in [6, 6.07) is 3.25. The van der Waals surface area contributed by atoms with Crippen molar-refractivity contribution in [1.29, 1.82) is 0 Å². The van der Waals surface area contributed by atoms with Crippen LogP contribution in [0.1, 0.15) is 25.7 Å². The Morgan fingerprint density at radius 3 is 2.65 bits per heavy atom. The monoisotopic (exact) mass is 280 g/mol. The lowest BCUT2D eigenvalue weighted by molar-refractivity contribution is -0.385. The molecule has 1 N–H and O–H groups in total. The van der Waals surface area contributed by atoms with Gasteiger partial charge in [0.25, 0.3) is 5.69 Å². The van der Waals surface area contributed by atoms with Crippen LogP contribution in [0.2, 0.25) is 0 Å². The van der Waals surface area contributed by atoms with E-state index in [0.717, 1.165) is 6.07 Å². The topological polar surface area (TPSA) is 94.1 Å². The summed E-state index contributed by atoms with van der Waals surface area (Å²) in [6.07, 6.45) is 0. The Bertz CT molecular complexity index is 654. The van der Waals surface area contributed by atoms with E-state index < -0.39 is 10.7 Å². The molecule has 0 atom stereocenters. The van der Waals surface area contributed by atoms with Crippen LogP contribution in [-0.2, 0) is 6.61 Å². The van der Waals surface area contributed by atoms with E-state index in [-0.39, 0.29) is 29.7 Å². The molecule has 2 aromatic rings. The van der Waals surface area contributed by atoms with Gasteiger partial charge in [0.05, 0.1) is 16.6 Å². The number of nitro groups is 1. The summed E-state index contributed by atoms with van der Waals surface area (Å²) in [6.45, 7) is 3.37. The average molecular weight is 280 g/mol. The molecule has 0 saturated heterocycles. The van der Waals surface area contributed by atoms with E-state index in [9.17, 15) is 19.6 Å². The van der Waals surface area contributed by atoms with Gasteiger partial charge in [0.15, 0.2) is 11.6 Å². The molecule has 0 bridgehead atoms. The SMILES string of the molecule is CC(C)n1c(CO)nnc1-c1ccc([N+](=O)[O-])cc1F. The molecule has 0 aliphatic heterocycles. The molecule has 1 aromatic heterocycles. The second-order valence-electron chi connectivity index (χ2n) is 4.48. The third kappa shape index (κ3) is 2.37. The van der Waals surface area contributed by atoms with Gasteiger partial charge in [-0.05, 0) is 19.9 Å². The number of aliphatic hydroxyl groups is 1. The molecule has 0 saturated carbocycles. The summed E-state index contributed by atoms with van der Waals surface area (Å²) in [5, 5.41) is 27.5. The molecule has 0 unspecified atom stereocenters. The van der Waals surface area contributed by atoms with E-state index in [1.807, 2.05) is 13.8 Å². The highest BCUT2D eigenvalue weighted by atomic mass is 19.1. The standard InChI is InChI=1S/C12H13FN4O3/c1-7(2)16-11(6-18)14-15-12(16)9-4-3-8(17(19)20)5-10(9)13/h3-5,7,18H,6H2,1-2H3. The van der Waals surface area contributed by atoms with E-state index in [4.69, 9.17) is 0 Å². The highest BCUT2D eigenvalue weighted by Crippen LogP contribution is 2.27. The van der Waals surface area contributed by atoms with Gasteiger partial charge in [0.2, 0.25) is 0 Å². The first-order valence-corrected chi connectivity index (χ1v) is 5.94. The van der Waals surface area contributed by atoms with E-state index in [2.05, 4.69) is 10.2 Å². The quantitative estimate of drug-likeness (QED) is 0.683. The molecule has 0 aliphatic carbocycles. The number of non-ortho nitro benzene ring substituents is 1. The van der Waals surface area contributed by atoms with Crippen LogP contribution in [0, 0.1) is 15.9 Å². The Kier molecular flexibility index (Phi) is 3.75. The number of aliphatic hydroxyl groups excluding tert-OH is 1. The van der Waals surface area contributed by atoms with Crippen molar-refractivity contribution in [3.8, 4) is 11.4 Å². The third-order valence-corrected chi connectivity index (χ3v) is 2.83. The van der Waals surface area contributed by atoms with Crippen molar-refractivity contribution >= 4 is 5.69 Å². The molecule has 0 aliphatic rings. The summed E-state index contributed by atoms with van der Waals surface area (Å²) in [5.74, 6) is -0.206. The van der Waals surface area contributed by atoms with Gasteiger partial charge in [0, 0.05) is 12.1 Å². The summed E-state index contributed by atoms with van der Waals surface area (Å²) >= 11 is 0. The van der Waals surface area contributed by atoms with Crippen molar-refractivity contribution in [2.75, 3.05) is 0 Å². The third-order valence-electron chi connectivity index (χ3n) is 2.83. The number of hydrogen-bond acceptors (Lipinski definition) is 5. The van der Waals surface area contributed by atoms with Crippen molar-refractivity contribution in [3.05, 3.63) is 40.0 Å². The van der Waals surface area contributed by atoms with Gasteiger partial charge in [-0.3, -0.25) is 10.1 Å². The smallest absolute Gasteiger partial charge is 0.272 e. The Balaban J connectivity index is 2.57. The number of benzene rings is 1. The fourth-order valence-electron chi connectivity index (χ4n) is 1.96. The van der Waals surface area contributed by atoms with Crippen molar-refractivity contribution in [2.24, 2.45) is 0 Å². The predicted octanol–water partition coefficient (Wildman–Crippen LogP) is 2.07. The highest BCUT2D eigenvalue weighted by Gasteiger charge is 2.20. The summed E-state index contributed by atoms with van der Waals surface area (Å²) < 4.78 is 15.6. The molecule has 20 heavy (non-hydrogen) atoms. The zero-order valence-corrected chi connectivity index (χ0v) is 10.9. The molecule has 1 aromatic carbocycles. The van der Waals surface area contributed by atoms with Crippen LogP contribution in [0.5, 0.6) is 0 Å². The van der Waals surface area contributed by atoms with Crippen LogP contribution >= 0.6 is 0 Å². The van der Waals surface area contributed by atoms with Gasteiger partial charge < -0.3 is 9.67 Å².